The zero-order chi connectivity index (χ0) is 14.9. The number of nitrogens with zero attached hydrogens (tertiary/aromatic N) is 2. The highest BCUT2D eigenvalue weighted by Crippen LogP contribution is 2.26. The number of aryl methyl sites for hydroxylation is 2. The Kier molecular flexibility index (Phi) is 3.65. The largest absolute Gasteiger partial charge is 0.495 e. The van der Waals surface area contributed by atoms with Crippen LogP contribution in [-0.4, -0.2) is 22.8 Å². The first-order chi connectivity index (χ1) is 9.45. The van der Waals surface area contributed by atoms with Crippen LogP contribution in [0.5, 0.6) is 5.75 Å². The second kappa shape index (κ2) is 5.24. The molecule has 2 rings (SSSR count). The molecule has 0 unspecified atom stereocenters. The van der Waals surface area contributed by atoms with Gasteiger partial charge in [0.25, 0.3) is 5.91 Å². The number of carbonyl (C=O) groups excluding carboxylic acids is 1. The van der Waals surface area contributed by atoms with Gasteiger partial charge in [0.2, 0.25) is 0 Å². The van der Waals surface area contributed by atoms with Crippen LogP contribution >= 0.6 is 0 Å². The Hall–Kier alpha value is -2.50. The molecule has 0 saturated heterocycles. The van der Waals surface area contributed by atoms with E-state index in [4.69, 9.17) is 10.5 Å². The van der Waals surface area contributed by atoms with Gasteiger partial charge in [-0.1, -0.05) is 6.07 Å². The molecule has 6 heteroatoms. The number of ether oxygens (including phenoxy) is 1. The van der Waals surface area contributed by atoms with Crippen molar-refractivity contribution in [3.05, 3.63) is 35.2 Å². The highest BCUT2D eigenvalue weighted by atomic mass is 16.5. The minimum absolute atomic E-state index is 0.277. The summed E-state index contributed by atoms with van der Waals surface area (Å²) in [5.74, 6) is 0.206. The maximum absolute atomic E-state index is 12.3. The Morgan fingerprint density at radius 1 is 1.40 bits per heavy atom. The van der Waals surface area contributed by atoms with E-state index >= 15 is 0 Å². The number of methoxy groups -OCH3 is 1. The molecule has 2 aromatic rings. The lowest BCUT2D eigenvalue weighted by molar-refractivity contribution is 0.102. The van der Waals surface area contributed by atoms with Crippen molar-refractivity contribution in [3.8, 4) is 5.75 Å². The topological polar surface area (TPSA) is 82.2 Å². The first-order valence-electron chi connectivity index (χ1n) is 6.19. The molecule has 1 heterocycles. The van der Waals surface area contributed by atoms with E-state index in [2.05, 4.69) is 10.4 Å². The van der Waals surface area contributed by atoms with Gasteiger partial charge in [0, 0.05) is 7.05 Å². The molecule has 0 aliphatic rings. The van der Waals surface area contributed by atoms with Crippen LogP contribution in [0.15, 0.2) is 18.2 Å². The molecule has 0 spiro atoms. The van der Waals surface area contributed by atoms with E-state index in [0.717, 1.165) is 11.4 Å². The van der Waals surface area contributed by atoms with Gasteiger partial charge in [-0.05, 0) is 26.0 Å². The van der Waals surface area contributed by atoms with E-state index < -0.39 is 0 Å². The fourth-order valence-electron chi connectivity index (χ4n) is 2.06. The Morgan fingerprint density at radius 3 is 2.65 bits per heavy atom. The smallest absolute Gasteiger partial charge is 0.257 e. The molecule has 0 fully saturated rings. The second-order valence-corrected chi connectivity index (χ2v) is 4.55. The highest BCUT2D eigenvalue weighted by Gasteiger charge is 2.17. The molecule has 0 saturated carbocycles. The van der Waals surface area contributed by atoms with Gasteiger partial charge in [0.15, 0.2) is 0 Å². The molecule has 1 aromatic carbocycles. The van der Waals surface area contributed by atoms with Crippen LogP contribution in [0.2, 0.25) is 0 Å². The number of hydrogen-bond donors (Lipinski definition) is 2. The van der Waals surface area contributed by atoms with Crippen molar-refractivity contribution >= 4 is 17.3 Å². The normalized spacial score (nSPS) is 10.4. The van der Waals surface area contributed by atoms with Gasteiger partial charge < -0.3 is 15.8 Å². The van der Waals surface area contributed by atoms with Gasteiger partial charge in [-0.15, -0.1) is 0 Å². The van der Waals surface area contributed by atoms with Gasteiger partial charge in [-0.25, -0.2) is 0 Å². The SMILES string of the molecule is COc1cccc(C(=O)Nc2c(C)nn(C)c2C)c1N. The average Bonchev–Trinajstić information content (AvgIpc) is 2.65. The lowest BCUT2D eigenvalue weighted by Gasteiger charge is -2.10. The van der Waals surface area contributed by atoms with Crippen LogP contribution in [0.3, 0.4) is 0 Å². The van der Waals surface area contributed by atoms with Crippen molar-refractivity contribution in [1.82, 2.24) is 9.78 Å². The zero-order valence-corrected chi connectivity index (χ0v) is 12.0. The summed E-state index contributed by atoms with van der Waals surface area (Å²) in [5.41, 5.74) is 8.99. The van der Waals surface area contributed by atoms with Gasteiger partial charge in [-0.3, -0.25) is 9.48 Å². The third-order valence-electron chi connectivity index (χ3n) is 3.28. The number of para-hydroxylation sites is 1. The van der Waals surface area contributed by atoms with E-state index in [1.165, 1.54) is 7.11 Å². The Morgan fingerprint density at radius 2 is 2.10 bits per heavy atom. The number of benzene rings is 1. The molecule has 0 aliphatic heterocycles. The summed E-state index contributed by atoms with van der Waals surface area (Å²) in [6, 6.07) is 5.11. The molecule has 20 heavy (non-hydrogen) atoms. The fourth-order valence-corrected chi connectivity index (χ4v) is 2.06. The van der Waals surface area contributed by atoms with E-state index in [9.17, 15) is 4.79 Å². The second-order valence-electron chi connectivity index (χ2n) is 4.55. The third kappa shape index (κ3) is 2.32. The molecule has 1 aromatic heterocycles. The molecular formula is C14H18N4O2. The predicted octanol–water partition coefficient (Wildman–Crippen LogP) is 1.88. The summed E-state index contributed by atoms with van der Waals surface area (Å²) >= 11 is 0. The molecule has 106 valence electrons. The number of carbonyl (C=O) groups is 1. The first-order valence-corrected chi connectivity index (χ1v) is 6.19. The van der Waals surface area contributed by atoms with E-state index in [-0.39, 0.29) is 5.91 Å². The molecule has 1 amide bonds. The van der Waals surface area contributed by atoms with Crippen LogP contribution in [0.1, 0.15) is 21.7 Å². The number of amides is 1. The van der Waals surface area contributed by atoms with Crippen LogP contribution in [-0.2, 0) is 7.05 Å². The predicted molar refractivity (Wildman–Crippen MR) is 78.0 cm³/mol. The van der Waals surface area contributed by atoms with Crippen molar-refractivity contribution < 1.29 is 9.53 Å². The summed E-state index contributed by atoms with van der Waals surface area (Å²) < 4.78 is 6.84. The number of nitrogen functional groups attached to an aromatic ring is 1. The van der Waals surface area contributed by atoms with E-state index in [0.29, 0.717) is 22.7 Å². The van der Waals surface area contributed by atoms with Crippen molar-refractivity contribution in [2.24, 2.45) is 7.05 Å². The average molecular weight is 274 g/mol. The van der Waals surface area contributed by atoms with Crippen LogP contribution in [0.4, 0.5) is 11.4 Å². The van der Waals surface area contributed by atoms with Crippen molar-refractivity contribution in [3.63, 3.8) is 0 Å². The van der Waals surface area contributed by atoms with Crippen LogP contribution in [0.25, 0.3) is 0 Å². The zero-order valence-electron chi connectivity index (χ0n) is 12.0. The van der Waals surface area contributed by atoms with Gasteiger partial charge in [0.1, 0.15) is 5.75 Å². The minimum Gasteiger partial charge on any atom is -0.495 e. The molecule has 6 nitrogen and oxygen atoms in total. The number of nitrogens with two attached hydrogens (primary N) is 1. The first kappa shape index (κ1) is 13.9. The highest BCUT2D eigenvalue weighted by molar-refractivity contribution is 6.09. The standard InChI is InChI=1S/C14H18N4O2/c1-8-13(9(2)18(3)17-8)16-14(19)10-6-5-7-11(20-4)12(10)15/h5-7H,15H2,1-4H3,(H,16,19). The summed E-state index contributed by atoms with van der Waals surface area (Å²) in [7, 11) is 3.35. The van der Waals surface area contributed by atoms with Crippen molar-refractivity contribution in [1.29, 1.82) is 0 Å². The molecule has 0 aliphatic carbocycles. The van der Waals surface area contributed by atoms with Gasteiger partial charge in [0.05, 0.1) is 35.4 Å². The number of aromatic nitrogens is 2. The van der Waals surface area contributed by atoms with E-state index in [1.807, 2.05) is 20.9 Å². The Balaban J connectivity index is 2.33. The summed E-state index contributed by atoms with van der Waals surface area (Å²) in [6.45, 7) is 3.74. The Labute approximate surface area is 117 Å². The third-order valence-corrected chi connectivity index (χ3v) is 3.28. The Bertz CT molecular complexity index is 661. The fraction of sp³-hybridized carbons (Fsp3) is 0.286. The molecule has 0 atom stereocenters. The molecule has 0 bridgehead atoms. The lowest BCUT2D eigenvalue weighted by atomic mass is 10.1. The molecule has 3 N–H and O–H groups in total. The van der Waals surface area contributed by atoms with Gasteiger partial charge >= 0.3 is 0 Å². The quantitative estimate of drug-likeness (QED) is 0.837. The summed E-state index contributed by atoms with van der Waals surface area (Å²) in [4.78, 5) is 12.3. The number of rotatable bonds is 3. The number of nitrogens with one attached hydrogen (secondary N) is 1. The van der Waals surface area contributed by atoms with Gasteiger partial charge in [-0.2, -0.15) is 5.10 Å². The maximum atomic E-state index is 12.3. The summed E-state index contributed by atoms with van der Waals surface area (Å²) in [5, 5.41) is 7.11. The number of hydrogen-bond acceptors (Lipinski definition) is 4. The maximum Gasteiger partial charge on any atom is 0.257 e. The van der Waals surface area contributed by atoms with Crippen LogP contribution in [0, 0.1) is 13.8 Å². The van der Waals surface area contributed by atoms with Crippen molar-refractivity contribution in [2.45, 2.75) is 13.8 Å². The summed E-state index contributed by atoms with van der Waals surface area (Å²) in [6.07, 6.45) is 0. The van der Waals surface area contributed by atoms with E-state index in [1.54, 1.807) is 22.9 Å². The van der Waals surface area contributed by atoms with Crippen molar-refractivity contribution in [2.75, 3.05) is 18.2 Å². The monoisotopic (exact) mass is 274 g/mol. The minimum atomic E-state index is -0.277. The molecular weight excluding hydrogens is 256 g/mol. The lowest BCUT2D eigenvalue weighted by Crippen LogP contribution is -2.15. The van der Waals surface area contributed by atoms with Crippen LogP contribution < -0.4 is 15.8 Å². The molecule has 0 radical (unpaired) electrons. The number of anilines is 2.